The van der Waals surface area contributed by atoms with E-state index < -0.39 is 5.97 Å². The summed E-state index contributed by atoms with van der Waals surface area (Å²) >= 11 is 0. The third-order valence-corrected chi connectivity index (χ3v) is 8.12. The topological polar surface area (TPSA) is 126 Å². The Morgan fingerprint density at radius 3 is 2.34 bits per heavy atom. The van der Waals surface area contributed by atoms with E-state index in [0.29, 0.717) is 42.7 Å². The number of ketones is 1. The lowest BCUT2D eigenvalue weighted by molar-refractivity contribution is -0.137. The van der Waals surface area contributed by atoms with E-state index in [-0.39, 0.29) is 52.9 Å². The summed E-state index contributed by atoms with van der Waals surface area (Å²) in [7, 11) is 5.34. The van der Waals surface area contributed by atoms with Crippen LogP contribution in [0.5, 0.6) is 5.75 Å². The number of amidine groups is 1. The van der Waals surface area contributed by atoms with Gasteiger partial charge in [0.2, 0.25) is 0 Å². The van der Waals surface area contributed by atoms with E-state index in [4.69, 9.17) is 15.3 Å². The number of rotatable bonds is 12. The minimum absolute atomic E-state index is 0. The molecule has 4 rings (SSSR count). The van der Waals surface area contributed by atoms with Crippen LogP contribution >= 0.6 is 17.0 Å². The van der Waals surface area contributed by atoms with Gasteiger partial charge in [-0.1, -0.05) is 20.8 Å². The molecule has 2 aromatic rings. The molecule has 1 amide bonds. The number of Topliss-reactive ketones (excluding diaryl/α,β-unsaturated/α-hetero) is 1. The number of nitrogens with one attached hydrogen (secondary N) is 2. The highest BCUT2D eigenvalue weighted by atomic mass is 79.9. The van der Waals surface area contributed by atoms with Crippen molar-refractivity contribution in [1.82, 2.24) is 10.2 Å². The normalized spacial score (nSPS) is 14.3. The molecule has 10 nitrogen and oxygen atoms in total. The molecule has 1 saturated heterocycles. The smallest absolute Gasteiger partial charge is 0.303 e. The first kappa shape index (κ1) is 34.9. The molecule has 0 bridgehead atoms. The van der Waals surface area contributed by atoms with Gasteiger partial charge in [0.1, 0.15) is 11.6 Å². The predicted molar refractivity (Wildman–Crippen MR) is 180 cm³/mol. The molecule has 2 aliphatic heterocycles. The van der Waals surface area contributed by atoms with Gasteiger partial charge in [0.15, 0.2) is 5.78 Å². The van der Waals surface area contributed by atoms with E-state index >= 15 is 0 Å². The van der Waals surface area contributed by atoms with E-state index in [0.717, 1.165) is 54.2 Å². The van der Waals surface area contributed by atoms with E-state index in [1.807, 2.05) is 37.2 Å². The molecular weight excluding hydrogens is 626 g/mol. The number of hydrogen-bond donors (Lipinski definition) is 3. The molecule has 0 spiro atoms. The van der Waals surface area contributed by atoms with Crippen molar-refractivity contribution in [3.8, 4) is 5.75 Å². The fraction of sp³-hybridized carbons (Fsp3) is 0.515. The van der Waals surface area contributed by atoms with E-state index in [1.54, 1.807) is 18.0 Å². The fourth-order valence-corrected chi connectivity index (χ4v) is 5.75. The lowest BCUT2D eigenvalue weighted by Gasteiger charge is -2.30. The maximum Gasteiger partial charge on any atom is 0.303 e. The van der Waals surface area contributed by atoms with E-state index in [1.165, 1.54) is 0 Å². The van der Waals surface area contributed by atoms with Crippen molar-refractivity contribution in [2.45, 2.75) is 64.8 Å². The Kier molecular flexibility index (Phi) is 11.5. The van der Waals surface area contributed by atoms with Crippen molar-refractivity contribution < 1.29 is 24.2 Å². The predicted octanol–water partition coefficient (Wildman–Crippen LogP) is 5.25. The molecule has 0 saturated carbocycles. The molecule has 240 valence electrons. The molecule has 0 radical (unpaired) electrons. The SMILES string of the molecule is Br.CNC(=O)c1cc2c(cc1N(C)C)CN(CC(=O)c1cc(N3CCCC3)c(OCCCCC(=O)O)c(C(C)(C)C)c1)C2=N. The summed E-state index contributed by atoms with van der Waals surface area (Å²) < 4.78 is 6.36. The first-order valence-corrected chi connectivity index (χ1v) is 15.0. The van der Waals surface area contributed by atoms with Crippen LogP contribution < -0.4 is 19.9 Å². The minimum atomic E-state index is -0.810. The number of carboxylic acid groups (broad SMARTS) is 1. The summed E-state index contributed by atoms with van der Waals surface area (Å²) in [5, 5.41) is 20.5. The number of carbonyl (C=O) groups excluding carboxylic acids is 2. The lowest BCUT2D eigenvalue weighted by atomic mass is 9.84. The fourth-order valence-electron chi connectivity index (χ4n) is 5.75. The van der Waals surface area contributed by atoms with Crippen molar-refractivity contribution in [1.29, 1.82) is 5.41 Å². The summed E-state index contributed by atoms with van der Waals surface area (Å²) in [4.78, 5) is 43.3. The van der Waals surface area contributed by atoms with Crippen LogP contribution in [0, 0.1) is 5.41 Å². The second-order valence-corrected chi connectivity index (χ2v) is 12.6. The first-order valence-electron chi connectivity index (χ1n) is 15.0. The number of fused-ring (bicyclic) bond motifs is 1. The van der Waals surface area contributed by atoms with Crippen molar-refractivity contribution in [3.05, 3.63) is 52.1 Å². The molecule has 3 N–H and O–H groups in total. The maximum absolute atomic E-state index is 13.9. The zero-order valence-electron chi connectivity index (χ0n) is 26.7. The number of carboxylic acids is 1. The standard InChI is InChI=1S/C33H45N5O5.BrH/c1-33(2,3)25-15-21(16-27(37-12-8-9-13-37)30(25)43-14-10-7-11-29(40)41)28(39)20-38-19-22-17-26(36(5)6)24(32(42)35-4)18-23(22)31(38)34;/h15-18,34H,7-14,19-20H2,1-6H3,(H,35,42)(H,40,41);1H. The zero-order chi connectivity index (χ0) is 31.5. The van der Waals surface area contributed by atoms with Crippen LogP contribution in [-0.2, 0) is 16.8 Å². The first-order chi connectivity index (χ1) is 20.3. The molecule has 2 aromatic carbocycles. The van der Waals surface area contributed by atoms with E-state index in [9.17, 15) is 14.4 Å². The number of benzene rings is 2. The van der Waals surface area contributed by atoms with Gasteiger partial charge in [-0.2, -0.15) is 0 Å². The Balaban J connectivity index is 0.00000529. The van der Waals surface area contributed by atoms with Gasteiger partial charge in [0.25, 0.3) is 5.91 Å². The third-order valence-electron chi connectivity index (χ3n) is 8.12. The van der Waals surface area contributed by atoms with Gasteiger partial charge in [0, 0.05) is 69.6 Å². The van der Waals surface area contributed by atoms with Gasteiger partial charge in [-0.25, -0.2) is 0 Å². The van der Waals surface area contributed by atoms with Crippen LogP contribution in [0.2, 0.25) is 0 Å². The molecule has 0 unspecified atom stereocenters. The van der Waals surface area contributed by atoms with Crippen molar-refractivity contribution in [2.24, 2.45) is 0 Å². The molecule has 11 heteroatoms. The number of unbranched alkanes of at least 4 members (excludes halogenated alkanes) is 1. The number of aliphatic carboxylic acids is 1. The number of carbonyl (C=O) groups is 3. The summed E-state index contributed by atoms with van der Waals surface area (Å²) in [6.45, 7) is 8.91. The second-order valence-electron chi connectivity index (χ2n) is 12.6. The van der Waals surface area contributed by atoms with Crippen molar-refractivity contribution >= 4 is 51.9 Å². The Hall–Kier alpha value is -3.60. The molecule has 1 fully saturated rings. The number of hydrogen-bond acceptors (Lipinski definition) is 7. The van der Waals surface area contributed by atoms with Crippen LogP contribution in [-0.4, -0.2) is 80.9 Å². The molecule has 2 heterocycles. The number of amides is 1. The minimum Gasteiger partial charge on any atom is -0.491 e. The highest BCUT2D eigenvalue weighted by Crippen LogP contribution is 2.42. The number of anilines is 2. The van der Waals surface area contributed by atoms with Crippen LogP contribution in [0.15, 0.2) is 24.3 Å². The van der Waals surface area contributed by atoms with Gasteiger partial charge in [-0.15, -0.1) is 17.0 Å². The van der Waals surface area contributed by atoms with Crippen molar-refractivity contribution in [3.63, 3.8) is 0 Å². The lowest BCUT2D eigenvalue weighted by Crippen LogP contribution is -2.31. The van der Waals surface area contributed by atoms with Crippen LogP contribution in [0.4, 0.5) is 11.4 Å². The van der Waals surface area contributed by atoms with Gasteiger partial charge >= 0.3 is 5.97 Å². The van der Waals surface area contributed by atoms with E-state index in [2.05, 4.69) is 31.0 Å². The Morgan fingerprint density at radius 2 is 1.75 bits per heavy atom. The van der Waals surface area contributed by atoms with Crippen molar-refractivity contribution in [2.75, 3.05) is 57.2 Å². The molecule has 0 aromatic heterocycles. The van der Waals surface area contributed by atoms with Gasteiger partial charge in [-0.3, -0.25) is 19.8 Å². The summed E-state index contributed by atoms with van der Waals surface area (Å²) in [6.07, 6.45) is 3.42. The molecule has 0 aliphatic carbocycles. The monoisotopic (exact) mass is 671 g/mol. The highest BCUT2D eigenvalue weighted by Gasteiger charge is 2.31. The average molecular weight is 673 g/mol. The molecule has 44 heavy (non-hydrogen) atoms. The molecule has 2 aliphatic rings. The third kappa shape index (κ3) is 7.72. The van der Waals surface area contributed by atoms with Crippen LogP contribution in [0.25, 0.3) is 0 Å². The molecular formula is C33H46BrN5O5. The average Bonchev–Trinajstić information content (AvgIpc) is 3.59. The summed E-state index contributed by atoms with van der Waals surface area (Å²) in [5.74, 6) is -0.121. The number of halogens is 1. The molecule has 0 atom stereocenters. The summed E-state index contributed by atoms with van der Waals surface area (Å²) in [6, 6.07) is 7.54. The van der Waals surface area contributed by atoms with Gasteiger partial charge in [-0.05, 0) is 60.9 Å². The highest BCUT2D eigenvalue weighted by molar-refractivity contribution is 8.93. The van der Waals surface area contributed by atoms with Gasteiger partial charge in [0.05, 0.1) is 24.4 Å². The largest absolute Gasteiger partial charge is 0.491 e. The second kappa shape index (κ2) is 14.5. The van der Waals surface area contributed by atoms with Crippen LogP contribution in [0.3, 0.4) is 0 Å². The summed E-state index contributed by atoms with van der Waals surface area (Å²) in [5.41, 5.74) is 4.94. The Bertz CT molecular complexity index is 1410. The Morgan fingerprint density at radius 1 is 1.07 bits per heavy atom. The van der Waals surface area contributed by atoms with Gasteiger partial charge < -0.3 is 29.9 Å². The number of ether oxygens (including phenoxy) is 1. The number of nitrogens with zero attached hydrogens (tertiary/aromatic N) is 3. The van der Waals surface area contributed by atoms with Crippen LogP contribution in [0.1, 0.15) is 90.3 Å². The quantitative estimate of drug-likeness (QED) is 0.207. The maximum atomic E-state index is 13.9. The zero-order valence-corrected chi connectivity index (χ0v) is 28.4. The Labute approximate surface area is 271 Å².